The predicted molar refractivity (Wildman–Crippen MR) is 129 cm³/mol. The SMILES string of the molecule is O=C(c1ccc(Cl)cc1)[C@@H]1[C@@H]2C(=O)N(c3cccc(C(F)(F)F)c3)C(=O)[C@@H]2[C@@H]2c3ccccc3C=NN12. The Morgan fingerprint density at radius 3 is 2.32 bits per heavy atom. The molecule has 3 aliphatic heterocycles. The van der Waals surface area contributed by atoms with Crippen LogP contribution in [-0.2, 0) is 15.8 Å². The fourth-order valence-electron chi connectivity index (χ4n) is 5.53. The van der Waals surface area contributed by atoms with Crippen LogP contribution in [0.1, 0.15) is 33.1 Å². The molecule has 0 bridgehead atoms. The van der Waals surface area contributed by atoms with Gasteiger partial charge in [-0.05, 0) is 53.6 Å². The van der Waals surface area contributed by atoms with E-state index in [0.29, 0.717) is 10.6 Å². The number of ketones is 1. The minimum atomic E-state index is -4.65. The van der Waals surface area contributed by atoms with Crippen LogP contribution in [0.2, 0.25) is 5.02 Å². The first-order valence-electron chi connectivity index (χ1n) is 11.4. The Morgan fingerprint density at radius 1 is 0.892 bits per heavy atom. The summed E-state index contributed by atoms with van der Waals surface area (Å²) in [6.45, 7) is 0. The summed E-state index contributed by atoms with van der Waals surface area (Å²) in [4.78, 5) is 42.1. The van der Waals surface area contributed by atoms with Crippen molar-refractivity contribution in [1.29, 1.82) is 0 Å². The van der Waals surface area contributed by atoms with E-state index >= 15 is 0 Å². The van der Waals surface area contributed by atoms with Gasteiger partial charge in [0, 0.05) is 10.6 Å². The lowest BCUT2D eigenvalue weighted by Crippen LogP contribution is -2.44. The first-order valence-corrected chi connectivity index (χ1v) is 11.8. The van der Waals surface area contributed by atoms with Gasteiger partial charge in [-0.25, -0.2) is 4.90 Å². The number of carbonyl (C=O) groups excluding carboxylic acids is 3. The third kappa shape index (κ3) is 3.56. The van der Waals surface area contributed by atoms with Crippen molar-refractivity contribution >= 4 is 41.1 Å². The molecule has 0 aliphatic carbocycles. The number of nitrogens with zero attached hydrogens (tertiary/aromatic N) is 3. The first kappa shape index (κ1) is 23.4. The lowest BCUT2D eigenvalue weighted by molar-refractivity contribution is -0.137. The van der Waals surface area contributed by atoms with Crippen molar-refractivity contribution in [1.82, 2.24) is 5.01 Å². The summed E-state index contributed by atoms with van der Waals surface area (Å²) in [5, 5.41) is 6.38. The molecule has 0 aromatic heterocycles. The normalized spacial score (nSPS) is 24.2. The van der Waals surface area contributed by atoms with Gasteiger partial charge in [0.15, 0.2) is 5.78 Å². The highest BCUT2D eigenvalue weighted by Crippen LogP contribution is 2.53. The van der Waals surface area contributed by atoms with E-state index in [-0.39, 0.29) is 11.3 Å². The van der Waals surface area contributed by atoms with Crippen molar-refractivity contribution in [3.8, 4) is 0 Å². The minimum absolute atomic E-state index is 0.184. The molecular weight excluding hydrogens is 507 g/mol. The zero-order chi connectivity index (χ0) is 26.1. The number of fused-ring (bicyclic) bond motifs is 5. The molecule has 2 saturated heterocycles. The van der Waals surface area contributed by atoms with E-state index in [1.165, 1.54) is 23.2 Å². The molecule has 0 spiro atoms. The highest BCUT2D eigenvalue weighted by Gasteiger charge is 2.65. The second kappa shape index (κ2) is 8.27. The Hall–Kier alpha value is -3.98. The molecule has 2 amide bonds. The summed E-state index contributed by atoms with van der Waals surface area (Å²) >= 11 is 5.98. The zero-order valence-electron chi connectivity index (χ0n) is 18.9. The van der Waals surface area contributed by atoms with Crippen LogP contribution in [0, 0.1) is 11.8 Å². The van der Waals surface area contributed by atoms with Crippen molar-refractivity contribution in [2.75, 3.05) is 4.90 Å². The van der Waals surface area contributed by atoms with Gasteiger partial charge in [0.1, 0.15) is 6.04 Å². The standard InChI is InChI=1S/C27H17ClF3N3O3/c28-17-10-8-14(9-11-17)24(35)23-21-20(22-19-7-2-1-4-15(19)13-32-34(22)23)25(36)33(26(21)37)18-6-3-5-16(12-18)27(29,30)31/h1-13,20-23H/t20-,21+,22-,23-/m0/s1. The van der Waals surface area contributed by atoms with Crippen molar-refractivity contribution < 1.29 is 27.6 Å². The highest BCUT2D eigenvalue weighted by molar-refractivity contribution is 6.30. The van der Waals surface area contributed by atoms with Gasteiger partial charge >= 0.3 is 6.18 Å². The Labute approximate surface area is 213 Å². The van der Waals surface area contributed by atoms with Gasteiger partial charge in [-0.2, -0.15) is 18.3 Å². The monoisotopic (exact) mass is 523 g/mol. The number of amides is 2. The number of hydrogen-bond donors (Lipinski definition) is 0. The molecule has 3 aliphatic rings. The number of imide groups is 1. The van der Waals surface area contributed by atoms with Crippen LogP contribution in [0.25, 0.3) is 0 Å². The molecule has 6 nitrogen and oxygen atoms in total. The summed E-state index contributed by atoms with van der Waals surface area (Å²) in [5.74, 6) is -3.98. The Morgan fingerprint density at radius 2 is 1.59 bits per heavy atom. The molecule has 37 heavy (non-hydrogen) atoms. The molecule has 10 heteroatoms. The van der Waals surface area contributed by atoms with Crippen LogP contribution in [0.15, 0.2) is 77.9 Å². The van der Waals surface area contributed by atoms with E-state index in [4.69, 9.17) is 11.6 Å². The third-order valence-electron chi connectivity index (χ3n) is 7.12. The maximum absolute atomic E-state index is 13.8. The van der Waals surface area contributed by atoms with Gasteiger partial charge < -0.3 is 0 Å². The van der Waals surface area contributed by atoms with Crippen molar-refractivity contribution in [3.05, 3.63) is 100 Å². The van der Waals surface area contributed by atoms with Crippen LogP contribution >= 0.6 is 11.6 Å². The van der Waals surface area contributed by atoms with Crippen LogP contribution in [0.5, 0.6) is 0 Å². The maximum Gasteiger partial charge on any atom is 0.416 e. The van der Waals surface area contributed by atoms with E-state index in [1.54, 1.807) is 36.5 Å². The van der Waals surface area contributed by atoms with Crippen LogP contribution in [0.4, 0.5) is 18.9 Å². The summed E-state index contributed by atoms with van der Waals surface area (Å²) in [6.07, 6.45) is -3.08. The van der Waals surface area contributed by atoms with E-state index in [2.05, 4.69) is 5.10 Å². The molecular formula is C27H17ClF3N3O3. The highest BCUT2D eigenvalue weighted by atomic mass is 35.5. The molecule has 3 aromatic rings. The Bertz CT molecular complexity index is 1490. The van der Waals surface area contributed by atoms with E-state index in [0.717, 1.165) is 28.7 Å². The average Bonchev–Trinajstić information content (AvgIpc) is 3.36. The Balaban J connectivity index is 1.48. The topological polar surface area (TPSA) is 70.0 Å². The maximum atomic E-state index is 13.8. The van der Waals surface area contributed by atoms with Crippen LogP contribution in [0.3, 0.4) is 0 Å². The molecule has 0 unspecified atom stereocenters. The van der Waals surface area contributed by atoms with E-state index in [9.17, 15) is 27.6 Å². The van der Waals surface area contributed by atoms with Crippen molar-refractivity contribution in [2.24, 2.45) is 16.9 Å². The number of benzene rings is 3. The lowest BCUT2D eigenvalue weighted by Gasteiger charge is -2.33. The first-order chi connectivity index (χ1) is 17.7. The van der Waals surface area contributed by atoms with Gasteiger partial charge in [-0.1, -0.05) is 41.9 Å². The van der Waals surface area contributed by atoms with Gasteiger partial charge in [0.05, 0.1) is 35.3 Å². The molecule has 3 heterocycles. The smallest absolute Gasteiger partial charge is 0.292 e. The minimum Gasteiger partial charge on any atom is -0.292 e. The fraction of sp³-hybridized carbons (Fsp3) is 0.185. The lowest BCUT2D eigenvalue weighted by atomic mass is 9.83. The van der Waals surface area contributed by atoms with Gasteiger partial charge in [0.25, 0.3) is 0 Å². The van der Waals surface area contributed by atoms with Crippen LogP contribution in [-0.4, -0.2) is 34.9 Å². The van der Waals surface area contributed by atoms with Crippen molar-refractivity contribution in [2.45, 2.75) is 18.3 Å². The fourth-order valence-corrected chi connectivity index (χ4v) is 5.66. The number of hydrogen-bond acceptors (Lipinski definition) is 5. The second-order valence-electron chi connectivity index (χ2n) is 9.13. The van der Waals surface area contributed by atoms with E-state index in [1.807, 2.05) is 6.07 Å². The quantitative estimate of drug-likeness (QED) is 0.353. The van der Waals surface area contributed by atoms with Gasteiger partial charge in [-0.15, -0.1) is 0 Å². The second-order valence-corrected chi connectivity index (χ2v) is 9.56. The van der Waals surface area contributed by atoms with Crippen molar-refractivity contribution in [3.63, 3.8) is 0 Å². The van der Waals surface area contributed by atoms with Gasteiger partial charge in [-0.3, -0.25) is 19.4 Å². The number of alkyl halides is 3. The molecule has 186 valence electrons. The van der Waals surface area contributed by atoms with Crippen LogP contribution < -0.4 is 4.90 Å². The summed E-state index contributed by atoms with van der Waals surface area (Å²) < 4.78 is 40.2. The molecule has 3 aromatic carbocycles. The Kier molecular flexibility index (Phi) is 5.24. The number of Topliss-reactive ketones (excluding diaryl/α,β-unsaturated/α-hetero) is 1. The number of carbonyl (C=O) groups is 3. The molecule has 6 rings (SSSR count). The average molecular weight is 524 g/mol. The summed E-state index contributed by atoms with van der Waals surface area (Å²) in [6, 6.07) is 15.6. The summed E-state index contributed by atoms with van der Waals surface area (Å²) in [5.41, 5.74) is 0.563. The zero-order valence-corrected chi connectivity index (χ0v) is 19.6. The molecule has 0 saturated carbocycles. The molecule has 0 N–H and O–H groups in total. The molecule has 4 atom stereocenters. The molecule has 2 fully saturated rings. The number of rotatable bonds is 3. The molecule has 0 radical (unpaired) electrons. The predicted octanol–water partition coefficient (Wildman–Crippen LogP) is 5.12. The number of halogens is 4. The number of anilines is 1. The van der Waals surface area contributed by atoms with E-state index < -0.39 is 53.3 Å². The largest absolute Gasteiger partial charge is 0.416 e. The van der Waals surface area contributed by atoms with Gasteiger partial charge in [0.2, 0.25) is 11.8 Å². The number of hydrazone groups is 1. The summed E-state index contributed by atoms with van der Waals surface area (Å²) in [7, 11) is 0. The third-order valence-corrected chi connectivity index (χ3v) is 7.37.